The normalized spacial score (nSPS) is 16.2. The van der Waals surface area contributed by atoms with E-state index in [0.29, 0.717) is 0 Å². The Morgan fingerprint density at radius 2 is 2.10 bits per heavy atom. The zero-order chi connectivity index (χ0) is 14.8. The first-order chi connectivity index (χ1) is 10.2. The van der Waals surface area contributed by atoms with Gasteiger partial charge in [-0.2, -0.15) is 0 Å². The van der Waals surface area contributed by atoms with E-state index in [9.17, 15) is 0 Å². The van der Waals surface area contributed by atoms with Crippen LogP contribution in [-0.4, -0.2) is 41.3 Å². The van der Waals surface area contributed by atoms with Crippen molar-refractivity contribution >= 4 is 31.5 Å². The maximum atomic E-state index is 5.56. The van der Waals surface area contributed by atoms with Crippen molar-refractivity contribution in [3.8, 4) is 0 Å². The largest absolute Gasteiger partial charge is 0.380 e. The van der Waals surface area contributed by atoms with Crippen molar-refractivity contribution in [3.05, 3.63) is 17.5 Å². The van der Waals surface area contributed by atoms with Gasteiger partial charge in [0.1, 0.15) is 11.4 Å². The molecular formula is C15H21N4OP. The topological polar surface area (TPSA) is 51.1 Å². The SMILES string of the molecule is CCc1nc(C)cc2nc(P)nc(N3CCCOCC3)c12. The fourth-order valence-corrected chi connectivity index (χ4v) is 3.07. The van der Waals surface area contributed by atoms with E-state index >= 15 is 0 Å². The number of nitrogens with zero attached hydrogens (tertiary/aromatic N) is 4. The minimum absolute atomic E-state index is 0.732. The molecule has 1 fully saturated rings. The summed E-state index contributed by atoms with van der Waals surface area (Å²) in [4.78, 5) is 16.3. The molecular weight excluding hydrogens is 283 g/mol. The molecule has 3 rings (SSSR count). The Balaban J connectivity index is 2.20. The Morgan fingerprint density at radius 1 is 1.24 bits per heavy atom. The Bertz CT molecular complexity index is 648. The fourth-order valence-electron chi connectivity index (χ4n) is 2.81. The molecule has 5 nitrogen and oxygen atoms in total. The van der Waals surface area contributed by atoms with Crippen LogP contribution >= 0.6 is 9.24 Å². The third-order valence-corrected chi connectivity index (χ3v) is 4.00. The van der Waals surface area contributed by atoms with Crippen molar-refractivity contribution in [1.82, 2.24) is 15.0 Å². The monoisotopic (exact) mass is 304 g/mol. The van der Waals surface area contributed by atoms with Crippen molar-refractivity contribution in [1.29, 1.82) is 0 Å². The van der Waals surface area contributed by atoms with Crippen molar-refractivity contribution in [2.75, 3.05) is 31.2 Å². The zero-order valence-corrected chi connectivity index (χ0v) is 13.7. The lowest BCUT2D eigenvalue weighted by molar-refractivity contribution is 0.152. The van der Waals surface area contributed by atoms with Crippen LogP contribution in [0.2, 0.25) is 0 Å². The molecule has 2 aromatic rings. The van der Waals surface area contributed by atoms with E-state index in [-0.39, 0.29) is 0 Å². The highest BCUT2D eigenvalue weighted by atomic mass is 31.0. The summed E-state index contributed by atoms with van der Waals surface area (Å²) in [6.45, 7) is 7.55. The van der Waals surface area contributed by atoms with Gasteiger partial charge in [0.05, 0.1) is 23.2 Å². The second-order valence-corrected chi connectivity index (χ2v) is 5.83. The van der Waals surface area contributed by atoms with Crippen molar-refractivity contribution in [3.63, 3.8) is 0 Å². The first-order valence-electron chi connectivity index (χ1n) is 7.45. The third-order valence-electron chi connectivity index (χ3n) is 3.74. The number of anilines is 1. The Kier molecular flexibility index (Phi) is 4.32. The molecule has 1 unspecified atom stereocenters. The lowest BCUT2D eigenvalue weighted by atomic mass is 10.1. The second kappa shape index (κ2) is 6.20. The van der Waals surface area contributed by atoms with Crippen molar-refractivity contribution in [2.45, 2.75) is 26.7 Å². The second-order valence-electron chi connectivity index (χ2n) is 5.32. The number of fused-ring (bicyclic) bond motifs is 1. The Morgan fingerprint density at radius 3 is 2.90 bits per heavy atom. The molecule has 0 N–H and O–H groups in total. The fraction of sp³-hybridized carbons (Fsp3) is 0.533. The average molecular weight is 304 g/mol. The molecule has 0 aromatic carbocycles. The molecule has 1 atom stereocenters. The number of hydrogen-bond donors (Lipinski definition) is 0. The van der Waals surface area contributed by atoms with E-state index in [1.165, 1.54) is 0 Å². The van der Waals surface area contributed by atoms with E-state index in [2.05, 4.69) is 36.0 Å². The highest BCUT2D eigenvalue weighted by Gasteiger charge is 2.18. The molecule has 0 saturated carbocycles. The summed E-state index contributed by atoms with van der Waals surface area (Å²) in [5.41, 5.74) is 3.80. The highest BCUT2D eigenvalue weighted by molar-refractivity contribution is 7.26. The highest BCUT2D eigenvalue weighted by Crippen LogP contribution is 2.27. The molecule has 0 amide bonds. The molecule has 21 heavy (non-hydrogen) atoms. The van der Waals surface area contributed by atoms with Crippen LogP contribution in [0.4, 0.5) is 5.82 Å². The van der Waals surface area contributed by atoms with Gasteiger partial charge in [0.25, 0.3) is 0 Å². The van der Waals surface area contributed by atoms with Crippen LogP contribution in [0.1, 0.15) is 24.7 Å². The lowest BCUT2D eigenvalue weighted by Crippen LogP contribution is -2.29. The number of aromatic nitrogens is 3. The molecule has 6 heteroatoms. The summed E-state index contributed by atoms with van der Waals surface area (Å²) in [7, 11) is 2.62. The predicted octanol–water partition coefficient (Wildman–Crippen LogP) is 1.62. The van der Waals surface area contributed by atoms with E-state index < -0.39 is 0 Å². The first-order valence-corrected chi connectivity index (χ1v) is 8.03. The van der Waals surface area contributed by atoms with E-state index in [0.717, 1.165) is 72.8 Å². The number of rotatable bonds is 2. The Hall–Kier alpha value is -1.32. The van der Waals surface area contributed by atoms with Gasteiger partial charge >= 0.3 is 0 Å². The van der Waals surface area contributed by atoms with E-state index in [1.54, 1.807) is 0 Å². The smallest absolute Gasteiger partial charge is 0.147 e. The number of hydrogen-bond acceptors (Lipinski definition) is 5. The van der Waals surface area contributed by atoms with E-state index in [4.69, 9.17) is 4.74 Å². The summed E-state index contributed by atoms with van der Waals surface area (Å²) in [5.74, 6) is 1.000. The number of aryl methyl sites for hydroxylation is 2. The maximum Gasteiger partial charge on any atom is 0.147 e. The minimum Gasteiger partial charge on any atom is -0.380 e. The molecule has 1 saturated heterocycles. The van der Waals surface area contributed by atoms with Gasteiger partial charge in [0.2, 0.25) is 0 Å². The maximum absolute atomic E-state index is 5.56. The van der Waals surface area contributed by atoms with Crippen LogP contribution < -0.4 is 10.5 Å². The summed E-state index contributed by atoms with van der Waals surface area (Å²) < 4.78 is 5.56. The molecule has 3 heterocycles. The predicted molar refractivity (Wildman–Crippen MR) is 88.4 cm³/mol. The molecule has 0 spiro atoms. The lowest BCUT2D eigenvalue weighted by Gasteiger charge is -2.23. The molecule has 0 radical (unpaired) electrons. The summed E-state index contributed by atoms with van der Waals surface area (Å²) >= 11 is 0. The van der Waals surface area contributed by atoms with Gasteiger partial charge in [-0.05, 0) is 25.8 Å². The van der Waals surface area contributed by atoms with Gasteiger partial charge in [-0.3, -0.25) is 4.98 Å². The van der Waals surface area contributed by atoms with Crippen molar-refractivity contribution < 1.29 is 4.74 Å². The minimum atomic E-state index is 0.732. The quantitative estimate of drug-likeness (QED) is 0.789. The van der Waals surface area contributed by atoms with Crippen LogP contribution in [0.3, 0.4) is 0 Å². The summed E-state index contributed by atoms with van der Waals surface area (Å²) in [6, 6.07) is 2.04. The molecule has 0 aliphatic carbocycles. The van der Waals surface area contributed by atoms with Gasteiger partial charge in [-0.25, -0.2) is 9.97 Å². The van der Waals surface area contributed by atoms with Crippen LogP contribution in [0.25, 0.3) is 10.9 Å². The Labute approximate surface area is 127 Å². The first kappa shape index (κ1) is 14.6. The van der Waals surface area contributed by atoms with E-state index in [1.807, 2.05) is 13.0 Å². The molecule has 1 aliphatic heterocycles. The molecule has 112 valence electrons. The van der Waals surface area contributed by atoms with Crippen LogP contribution in [0.5, 0.6) is 0 Å². The van der Waals surface area contributed by atoms with Gasteiger partial charge in [-0.15, -0.1) is 0 Å². The van der Waals surface area contributed by atoms with Gasteiger partial charge in [0.15, 0.2) is 0 Å². The molecule has 2 aromatic heterocycles. The summed E-state index contributed by atoms with van der Waals surface area (Å²) in [5, 5.41) is 1.09. The van der Waals surface area contributed by atoms with Crippen LogP contribution in [0, 0.1) is 6.92 Å². The van der Waals surface area contributed by atoms with Crippen LogP contribution in [0.15, 0.2) is 6.07 Å². The van der Waals surface area contributed by atoms with Gasteiger partial charge in [-0.1, -0.05) is 16.2 Å². The standard InChI is InChI=1S/C15H21N4OP/c1-3-11-13-12(9-10(2)16-11)17-15(21)18-14(13)19-5-4-7-20-8-6-19/h9H,3-8,21H2,1-2H3. The average Bonchev–Trinajstić information content (AvgIpc) is 2.74. The summed E-state index contributed by atoms with van der Waals surface area (Å²) in [6.07, 6.45) is 1.91. The number of pyridine rings is 1. The van der Waals surface area contributed by atoms with Gasteiger partial charge < -0.3 is 9.64 Å². The van der Waals surface area contributed by atoms with Crippen molar-refractivity contribution in [2.24, 2.45) is 0 Å². The number of ether oxygens (including phenoxy) is 1. The zero-order valence-electron chi connectivity index (χ0n) is 12.6. The third kappa shape index (κ3) is 2.99. The van der Waals surface area contributed by atoms with Crippen LogP contribution in [-0.2, 0) is 11.2 Å². The molecule has 0 bridgehead atoms. The molecule has 1 aliphatic rings. The van der Waals surface area contributed by atoms with Gasteiger partial charge in [0, 0.05) is 25.4 Å².